The van der Waals surface area contributed by atoms with Gasteiger partial charge in [0.05, 0.1) is 16.7 Å². The third kappa shape index (κ3) is 4.47. The minimum absolute atomic E-state index is 0.215. The topological polar surface area (TPSA) is 9.86 Å². The number of rotatable bonds is 4. The minimum Gasteiger partial charge on any atom is -0.313 e. The quantitative estimate of drug-likeness (QED) is 0.172. The van der Waals surface area contributed by atoms with E-state index in [9.17, 15) is 4.39 Å². The van der Waals surface area contributed by atoms with Crippen molar-refractivity contribution < 1.29 is 4.39 Å². The van der Waals surface area contributed by atoms with Gasteiger partial charge in [-0.15, -0.1) is 0 Å². The molecule has 12 rings (SSSR count). The van der Waals surface area contributed by atoms with Gasteiger partial charge in [0.25, 0.3) is 0 Å². The van der Waals surface area contributed by atoms with E-state index in [4.69, 9.17) is 0 Å². The fourth-order valence-corrected chi connectivity index (χ4v) is 9.81. The van der Waals surface area contributed by atoms with Crippen LogP contribution < -0.4 is 0 Å². The summed E-state index contributed by atoms with van der Waals surface area (Å²) in [4.78, 5) is 0. The molecule has 0 fully saturated rings. The Kier molecular flexibility index (Phi) is 6.50. The molecule has 0 aliphatic heterocycles. The largest absolute Gasteiger partial charge is 0.313 e. The summed E-state index contributed by atoms with van der Waals surface area (Å²) in [6.07, 6.45) is 13.5. The van der Waals surface area contributed by atoms with Crippen LogP contribution in [0.25, 0.3) is 101 Å². The molecular formula is C52H35FN2. The molecule has 0 saturated carbocycles. The Hall–Kier alpha value is -6.71. The molecule has 0 saturated heterocycles. The second-order valence-electron chi connectivity index (χ2n) is 15.2. The summed E-state index contributed by atoms with van der Waals surface area (Å²) in [5, 5.41) is 5.17. The predicted octanol–water partition coefficient (Wildman–Crippen LogP) is 13.8. The van der Waals surface area contributed by atoms with E-state index in [0.29, 0.717) is 0 Å². The number of nitrogens with zero attached hydrogens (tertiary/aromatic N) is 2. The summed E-state index contributed by atoms with van der Waals surface area (Å²) in [6, 6.07) is 49.8. The molecule has 2 heterocycles. The van der Waals surface area contributed by atoms with E-state index in [1.165, 1.54) is 112 Å². The van der Waals surface area contributed by atoms with E-state index in [-0.39, 0.29) is 5.82 Å². The van der Waals surface area contributed by atoms with Gasteiger partial charge in [0.15, 0.2) is 0 Å². The Morgan fingerprint density at radius 3 is 1.76 bits per heavy atom. The Bertz CT molecular complexity index is 3130. The van der Waals surface area contributed by atoms with Crippen LogP contribution in [-0.2, 0) is 12.8 Å². The standard InChI is InChI=1S/C52H35FN2/c53-36-22-17-32(18-23-36)33-19-24-38-42-25-28-49(43-14-8-13-41(52(42)43)44(38)29-33)55-48-16-7-5-12-40(48)46-31-35(21-27-51(46)55)34-20-26-50-45(30-34)39-11-4-6-15-47(39)54(50)37-9-2-1-3-10-37/h1-5,8-14,17-31H,6-7,15-16H2. The van der Waals surface area contributed by atoms with Gasteiger partial charge in [-0.2, -0.15) is 0 Å². The second-order valence-corrected chi connectivity index (χ2v) is 15.2. The summed E-state index contributed by atoms with van der Waals surface area (Å²) < 4.78 is 18.8. The number of benzene rings is 7. The number of para-hydroxylation sites is 1. The molecule has 3 aliphatic carbocycles. The minimum atomic E-state index is -0.215. The first-order valence-corrected chi connectivity index (χ1v) is 19.4. The SMILES string of the molecule is Fc1ccc(-c2ccc3c(c2)-c2cccc4c(-n5c6c(c7cc(-c8ccc9c(c8)c8c(n9-c9ccccc9)CCC=C8)ccc75)C=CCC6)ccc-3c24)cc1. The molecule has 0 N–H and O–H groups in total. The van der Waals surface area contributed by atoms with E-state index in [1.54, 1.807) is 0 Å². The van der Waals surface area contributed by atoms with E-state index in [0.717, 1.165) is 36.8 Å². The van der Waals surface area contributed by atoms with Crippen molar-refractivity contribution in [2.45, 2.75) is 25.7 Å². The third-order valence-corrected chi connectivity index (χ3v) is 12.3. The Labute approximate surface area is 318 Å². The van der Waals surface area contributed by atoms with Gasteiger partial charge in [-0.1, -0.05) is 103 Å². The summed E-state index contributed by atoms with van der Waals surface area (Å²) >= 11 is 0. The first-order chi connectivity index (χ1) is 27.2. The zero-order valence-corrected chi connectivity index (χ0v) is 30.2. The van der Waals surface area contributed by atoms with Crippen LogP contribution >= 0.6 is 0 Å². The molecule has 7 aromatic carbocycles. The van der Waals surface area contributed by atoms with Gasteiger partial charge < -0.3 is 9.13 Å². The number of allylic oxidation sites excluding steroid dienone is 2. The molecule has 2 nitrogen and oxygen atoms in total. The number of hydrogen-bond donors (Lipinski definition) is 0. The van der Waals surface area contributed by atoms with Crippen molar-refractivity contribution in [2.24, 2.45) is 0 Å². The van der Waals surface area contributed by atoms with Gasteiger partial charge in [-0.25, -0.2) is 4.39 Å². The summed E-state index contributed by atoms with van der Waals surface area (Å²) in [6.45, 7) is 0. The first-order valence-electron chi connectivity index (χ1n) is 19.4. The van der Waals surface area contributed by atoms with Gasteiger partial charge >= 0.3 is 0 Å². The van der Waals surface area contributed by atoms with Crippen molar-refractivity contribution in [3.05, 3.63) is 180 Å². The van der Waals surface area contributed by atoms with Crippen LogP contribution in [0.15, 0.2) is 152 Å². The Morgan fingerprint density at radius 2 is 1.04 bits per heavy atom. The first kappa shape index (κ1) is 30.7. The van der Waals surface area contributed by atoms with E-state index in [1.807, 2.05) is 12.1 Å². The fraction of sp³-hybridized carbons (Fsp3) is 0.0769. The molecule has 0 amide bonds. The molecule has 3 heteroatoms. The molecule has 0 unspecified atom stereocenters. The molecule has 0 radical (unpaired) electrons. The molecule has 55 heavy (non-hydrogen) atoms. The van der Waals surface area contributed by atoms with Crippen molar-refractivity contribution in [2.75, 3.05) is 0 Å². The smallest absolute Gasteiger partial charge is 0.123 e. The summed E-state index contributed by atoms with van der Waals surface area (Å²) in [5.74, 6) is -0.215. The highest BCUT2D eigenvalue weighted by Crippen LogP contribution is 2.50. The third-order valence-electron chi connectivity index (χ3n) is 12.3. The van der Waals surface area contributed by atoms with Gasteiger partial charge in [0.1, 0.15) is 5.82 Å². The van der Waals surface area contributed by atoms with Crippen LogP contribution in [0, 0.1) is 5.82 Å². The number of hydrogen-bond acceptors (Lipinski definition) is 0. The van der Waals surface area contributed by atoms with Crippen LogP contribution in [0.4, 0.5) is 4.39 Å². The van der Waals surface area contributed by atoms with Gasteiger partial charge in [0.2, 0.25) is 0 Å². The molecule has 9 aromatic rings. The highest BCUT2D eigenvalue weighted by Gasteiger charge is 2.26. The normalized spacial score (nSPS) is 13.8. The van der Waals surface area contributed by atoms with E-state index >= 15 is 0 Å². The predicted molar refractivity (Wildman–Crippen MR) is 228 cm³/mol. The molecule has 260 valence electrons. The maximum atomic E-state index is 13.8. The monoisotopic (exact) mass is 706 g/mol. The average molecular weight is 707 g/mol. The Balaban J connectivity index is 1.01. The van der Waals surface area contributed by atoms with Crippen LogP contribution in [0.1, 0.15) is 35.4 Å². The lowest BCUT2D eigenvalue weighted by molar-refractivity contribution is 0.628. The zero-order chi connectivity index (χ0) is 36.2. The Morgan fingerprint density at radius 1 is 0.436 bits per heavy atom. The molecule has 0 atom stereocenters. The number of aromatic nitrogens is 2. The maximum Gasteiger partial charge on any atom is 0.123 e. The average Bonchev–Trinajstić information content (AvgIpc) is 3.87. The molecule has 0 bridgehead atoms. The van der Waals surface area contributed by atoms with Gasteiger partial charge in [0, 0.05) is 44.4 Å². The molecular weight excluding hydrogens is 672 g/mol. The van der Waals surface area contributed by atoms with Crippen LogP contribution in [0.3, 0.4) is 0 Å². The highest BCUT2D eigenvalue weighted by molar-refractivity contribution is 6.18. The van der Waals surface area contributed by atoms with Crippen molar-refractivity contribution in [3.8, 4) is 55.9 Å². The van der Waals surface area contributed by atoms with Crippen molar-refractivity contribution in [3.63, 3.8) is 0 Å². The maximum absolute atomic E-state index is 13.8. The van der Waals surface area contributed by atoms with Gasteiger partial charge in [-0.3, -0.25) is 0 Å². The lowest BCUT2D eigenvalue weighted by Gasteiger charge is -2.16. The second kappa shape index (κ2) is 11.6. The number of fused-ring (bicyclic) bond motifs is 9. The van der Waals surface area contributed by atoms with Crippen molar-refractivity contribution in [1.29, 1.82) is 0 Å². The van der Waals surface area contributed by atoms with Crippen LogP contribution in [0.5, 0.6) is 0 Å². The number of halogens is 1. The lowest BCUT2D eigenvalue weighted by atomic mass is 9.97. The molecule has 2 aromatic heterocycles. The summed E-state index contributed by atoms with van der Waals surface area (Å²) in [7, 11) is 0. The highest BCUT2D eigenvalue weighted by atomic mass is 19.1. The molecule has 3 aliphatic rings. The fourth-order valence-electron chi connectivity index (χ4n) is 9.81. The van der Waals surface area contributed by atoms with Crippen molar-refractivity contribution in [1.82, 2.24) is 9.13 Å². The lowest BCUT2D eigenvalue weighted by Crippen LogP contribution is -2.03. The summed E-state index contributed by atoms with van der Waals surface area (Å²) in [5.41, 5.74) is 20.0. The van der Waals surface area contributed by atoms with E-state index in [2.05, 4.69) is 149 Å². The van der Waals surface area contributed by atoms with E-state index < -0.39 is 0 Å². The van der Waals surface area contributed by atoms with Crippen LogP contribution in [-0.4, -0.2) is 9.13 Å². The molecule has 0 spiro atoms. The van der Waals surface area contributed by atoms with Gasteiger partial charge in [-0.05, 0) is 136 Å². The zero-order valence-electron chi connectivity index (χ0n) is 30.2. The van der Waals surface area contributed by atoms with Crippen LogP contribution in [0.2, 0.25) is 0 Å². The van der Waals surface area contributed by atoms with Crippen molar-refractivity contribution >= 4 is 44.7 Å².